The first-order valence-corrected chi connectivity index (χ1v) is 6.05. The van der Waals surface area contributed by atoms with E-state index in [-0.39, 0.29) is 37.8 Å². The summed E-state index contributed by atoms with van der Waals surface area (Å²) < 4.78 is 14.3. The van der Waals surface area contributed by atoms with Crippen molar-refractivity contribution in [3.05, 3.63) is 0 Å². The summed E-state index contributed by atoms with van der Waals surface area (Å²) in [5.41, 5.74) is 0. The Morgan fingerprint density at radius 2 is 1.81 bits per heavy atom. The second kappa shape index (κ2) is 7.34. The highest BCUT2D eigenvalue weighted by Gasteiger charge is 2.13. The predicted molar refractivity (Wildman–Crippen MR) is 54.3 cm³/mol. The molecular formula is C7H15N2O6P. The molecule has 16 heavy (non-hydrogen) atoms. The van der Waals surface area contributed by atoms with E-state index in [1.165, 1.54) is 7.05 Å². The second-order valence-electron chi connectivity index (χ2n) is 2.85. The van der Waals surface area contributed by atoms with Crippen LogP contribution in [0.1, 0.15) is 12.8 Å². The molecule has 0 aliphatic carbocycles. The molecule has 0 heterocycles. The van der Waals surface area contributed by atoms with Gasteiger partial charge in [0.2, 0.25) is 11.8 Å². The Morgan fingerprint density at radius 3 is 2.31 bits per heavy atom. The molecule has 4 N–H and O–H groups in total. The molecule has 0 aromatic rings. The Hall–Kier alpha value is -0.950. The van der Waals surface area contributed by atoms with Crippen molar-refractivity contribution >= 4 is 19.6 Å². The highest BCUT2D eigenvalue weighted by molar-refractivity contribution is 7.46. The summed E-state index contributed by atoms with van der Waals surface area (Å²) in [6.07, 6.45) is 0.0945. The van der Waals surface area contributed by atoms with Crippen LogP contribution < -0.4 is 10.6 Å². The van der Waals surface area contributed by atoms with Gasteiger partial charge >= 0.3 is 7.82 Å². The third-order valence-electron chi connectivity index (χ3n) is 1.54. The Balaban J connectivity index is 3.52. The topological polar surface area (TPSA) is 125 Å². The fourth-order valence-corrected chi connectivity index (χ4v) is 1.12. The number of hydrogen-bond acceptors (Lipinski definition) is 4. The molecule has 0 bridgehead atoms. The maximum Gasteiger partial charge on any atom is 0.469 e. The molecule has 8 nitrogen and oxygen atoms in total. The number of phosphoric ester groups is 1. The van der Waals surface area contributed by atoms with E-state index in [9.17, 15) is 14.2 Å². The van der Waals surface area contributed by atoms with Crippen molar-refractivity contribution in [3.63, 3.8) is 0 Å². The molecule has 0 radical (unpaired) electrons. The quantitative estimate of drug-likeness (QED) is 0.332. The van der Waals surface area contributed by atoms with E-state index in [1.807, 2.05) is 0 Å². The molecule has 0 aliphatic heterocycles. The minimum atomic E-state index is -4.48. The minimum Gasteiger partial charge on any atom is -0.359 e. The molecule has 9 heteroatoms. The molecule has 0 atom stereocenters. The summed E-state index contributed by atoms with van der Waals surface area (Å²) in [7, 11) is -3.01. The first-order valence-electron chi connectivity index (χ1n) is 4.52. The number of carbonyl (C=O) groups excluding carboxylic acids is 2. The van der Waals surface area contributed by atoms with Crippen molar-refractivity contribution in [3.8, 4) is 0 Å². The van der Waals surface area contributed by atoms with Crippen molar-refractivity contribution in [1.29, 1.82) is 0 Å². The lowest BCUT2D eigenvalue weighted by molar-refractivity contribution is -0.126. The highest BCUT2D eigenvalue weighted by atomic mass is 31.2. The van der Waals surface area contributed by atoms with Crippen molar-refractivity contribution in [2.24, 2.45) is 0 Å². The number of carbonyl (C=O) groups is 2. The molecule has 0 aromatic carbocycles. The highest BCUT2D eigenvalue weighted by Crippen LogP contribution is 2.34. The number of hydrogen-bond donors (Lipinski definition) is 4. The van der Waals surface area contributed by atoms with E-state index in [2.05, 4.69) is 15.2 Å². The van der Waals surface area contributed by atoms with Gasteiger partial charge in [-0.25, -0.2) is 4.57 Å². The summed E-state index contributed by atoms with van der Waals surface area (Å²) in [4.78, 5) is 38.4. The minimum absolute atomic E-state index is 0.0162. The van der Waals surface area contributed by atoms with E-state index in [1.54, 1.807) is 0 Å². The lowest BCUT2D eigenvalue weighted by Gasteiger charge is -2.06. The van der Waals surface area contributed by atoms with Gasteiger partial charge in [0.25, 0.3) is 0 Å². The largest absolute Gasteiger partial charge is 0.469 e. The van der Waals surface area contributed by atoms with Gasteiger partial charge in [0.1, 0.15) is 0 Å². The van der Waals surface area contributed by atoms with Gasteiger partial charge in [0.15, 0.2) is 0 Å². The monoisotopic (exact) mass is 254 g/mol. The SMILES string of the molecule is CNC(=O)CCC(=O)NCCOP(=O)(O)O. The first-order chi connectivity index (χ1) is 7.35. The zero-order valence-corrected chi connectivity index (χ0v) is 9.70. The van der Waals surface area contributed by atoms with Crippen LogP contribution in [0.5, 0.6) is 0 Å². The summed E-state index contributed by atoms with van der Waals surface area (Å²) in [6.45, 7) is -0.298. The third kappa shape index (κ3) is 9.60. The maximum atomic E-state index is 11.0. The number of phosphoric acid groups is 1. The van der Waals surface area contributed by atoms with E-state index in [0.29, 0.717) is 0 Å². The van der Waals surface area contributed by atoms with Gasteiger partial charge in [-0.2, -0.15) is 0 Å². The van der Waals surface area contributed by atoms with Crippen LogP contribution >= 0.6 is 7.82 Å². The van der Waals surface area contributed by atoms with E-state index < -0.39 is 7.82 Å². The van der Waals surface area contributed by atoms with Crippen LogP contribution in [0.4, 0.5) is 0 Å². The van der Waals surface area contributed by atoms with Crippen LogP contribution in [-0.2, 0) is 18.7 Å². The lowest BCUT2D eigenvalue weighted by atomic mass is 10.3. The first kappa shape index (κ1) is 15.0. The normalized spacial score (nSPS) is 10.9. The molecule has 94 valence electrons. The molecule has 0 rings (SSSR count). The summed E-state index contributed by atoms with van der Waals surface area (Å²) in [5.74, 6) is -0.625. The zero-order valence-electron chi connectivity index (χ0n) is 8.80. The number of amides is 2. The van der Waals surface area contributed by atoms with Crippen molar-refractivity contribution in [1.82, 2.24) is 10.6 Å². The molecule has 0 aromatic heterocycles. The van der Waals surface area contributed by atoms with E-state index in [4.69, 9.17) is 9.79 Å². The smallest absolute Gasteiger partial charge is 0.359 e. The molecular weight excluding hydrogens is 239 g/mol. The third-order valence-corrected chi connectivity index (χ3v) is 2.06. The van der Waals surface area contributed by atoms with E-state index >= 15 is 0 Å². The fourth-order valence-electron chi connectivity index (χ4n) is 0.795. The fraction of sp³-hybridized carbons (Fsp3) is 0.714. The van der Waals surface area contributed by atoms with Crippen LogP contribution in [0.25, 0.3) is 0 Å². The van der Waals surface area contributed by atoms with Gasteiger partial charge in [-0.15, -0.1) is 0 Å². The summed E-state index contributed by atoms with van der Waals surface area (Å²) >= 11 is 0. The Labute approximate surface area is 92.6 Å². The van der Waals surface area contributed by atoms with Gasteiger partial charge in [-0.1, -0.05) is 0 Å². The lowest BCUT2D eigenvalue weighted by Crippen LogP contribution is -2.28. The molecule has 0 aliphatic rings. The zero-order chi connectivity index (χ0) is 12.6. The Bertz CT molecular complexity index is 289. The predicted octanol–water partition coefficient (Wildman–Crippen LogP) is -1.26. The van der Waals surface area contributed by atoms with Crippen molar-refractivity contribution < 1.29 is 28.5 Å². The number of nitrogens with one attached hydrogen (secondary N) is 2. The molecule has 2 amide bonds. The van der Waals surface area contributed by atoms with Crippen LogP contribution in [0.3, 0.4) is 0 Å². The summed E-state index contributed by atoms with van der Waals surface area (Å²) in [6, 6.07) is 0. The van der Waals surface area contributed by atoms with Crippen LogP contribution in [0.2, 0.25) is 0 Å². The molecule has 0 unspecified atom stereocenters. The Morgan fingerprint density at radius 1 is 1.25 bits per heavy atom. The van der Waals surface area contributed by atoms with Crippen molar-refractivity contribution in [2.75, 3.05) is 20.2 Å². The van der Waals surface area contributed by atoms with Gasteiger partial charge in [0, 0.05) is 26.4 Å². The van der Waals surface area contributed by atoms with Gasteiger partial charge < -0.3 is 20.4 Å². The van der Waals surface area contributed by atoms with Crippen LogP contribution in [-0.4, -0.2) is 41.8 Å². The van der Waals surface area contributed by atoms with Crippen LogP contribution in [0, 0.1) is 0 Å². The Kier molecular flexibility index (Phi) is 6.91. The van der Waals surface area contributed by atoms with Gasteiger partial charge in [-0.05, 0) is 0 Å². The standard InChI is InChI=1S/C7H15N2O6P/c1-8-6(10)2-3-7(11)9-4-5-15-16(12,13)14/h2-5H2,1H3,(H,8,10)(H,9,11)(H2,12,13,14). The average molecular weight is 254 g/mol. The number of rotatable bonds is 7. The van der Waals surface area contributed by atoms with Crippen molar-refractivity contribution in [2.45, 2.75) is 12.8 Å². The van der Waals surface area contributed by atoms with Gasteiger partial charge in [-0.3, -0.25) is 14.1 Å². The molecule has 0 spiro atoms. The van der Waals surface area contributed by atoms with E-state index in [0.717, 1.165) is 0 Å². The second-order valence-corrected chi connectivity index (χ2v) is 4.09. The molecule has 0 fully saturated rings. The summed E-state index contributed by atoms with van der Waals surface area (Å²) in [5, 5.41) is 4.71. The average Bonchev–Trinajstić information content (AvgIpc) is 2.19. The molecule has 0 saturated heterocycles. The van der Waals surface area contributed by atoms with Crippen LogP contribution in [0.15, 0.2) is 0 Å². The van der Waals surface area contributed by atoms with Gasteiger partial charge in [0.05, 0.1) is 6.61 Å². The maximum absolute atomic E-state index is 11.0. The molecule has 0 saturated carbocycles.